The van der Waals surface area contributed by atoms with Crippen LogP contribution in [0.4, 0.5) is 8.78 Å². The third-order valence-corrected chi connectivity index (χ3v) is 8.01. The van der Waals surface area contributed by atoms with Gasteiger partial charge in [0, 0.05) is 0 Å². The van der Waals surface area contributed by atoms with E-state index in [1.54, 1.807) is 0 Å². The minimum absolute atomic E-state index is 0.192. The van der Waals surface area contributed by atoms with Crippen LogP contribution in [0.15, 0.2) is 0 Å². The van der Waals surface area contributed by atoms with Crippen molar-refractivity contribution in [1.82, 2.24) is 0 Å². The molecule has 4 atom stereocenters. The van der Waals surface area contributed by atoms with Crippen molar-refractivity contribution in [3.63, 3.8) is 0 Å². The highest BCUT2D eigenvalue weighted by atomic mass is 79.9. The van der Waals surface area contributed by atoms with Crippen LogP contribution in [0.3, 0.4) is 0 Å². The Morgan fingerprint density at radius 1 is 1.00 bits per heavy atom. The van der Waals surface area contributed by atoms with Gasteiger partial charge in [0.2, 0.25) is 0 Å². The van der Waals surface area contributed by atoms with E-state index in [2.05, 4.69) is 31.9 Å². The first-order valence-corrected chi connectivity index (χ1v) is 5.80. The normalized spacial score (nSPS) is 65.0. The van der Waals surface area contributed by atoms with E-state index >= 15 is 0 Å². The zero-order valence-corrected chi connectivity index (χ0v) is 9.46. The lowest BCUT2D eigenvalue weighted by atomic mass is 10.0. The molecule has 12 heavy (non-hydrogen) atoms. The van der Waals surface area contributed by atoms with Crippen molar-refractivity contribution in [3.05, 3.63) is 0 Å². The van der Waals surface area contributed by atoms with Crippen molar-refractivity contribution in [2.45, 2.75) is 33.8 Å². The van der Waals surface area contributed by atoms with Gasteiger partial charge in [-0.1, -0.05) is 31.9 Å². The highest BCUT2D eigenvalue weighted by molar-refractivity contribution is 9.13. The molecule has 0 saturated heterocycles. The molecule has 4 heteroatoms. The van der Waals surface area contributed by atoms with Crippen molar-refractivity contribution in [1.29, 1.82) is 0 Å². The molecule has 0 spiro atoms. The topological polar surface area (TPSA) is 0 Å². The summed E-state index contributed by atoms with van der Waals surface area (Å²) in [4.78, 5) is 0. The fourth-order valence-corrected chi connectivity index (χ4v) is 5.94. The van der Waals surface area contributed by atoms with E-state index in [0.29, 0.717) is 0 Å². The fourth-order valence-electron chi connectivity index (χ4n) is 3.27. The Morgan fingerprint density at radius 2 is 1.42 bits per heavy atom. The molecule has 0 N–H and O–H groups in total. The molecular weight excluding hydrogens is 294 g/mol. The molecule has 0 aliphatic heterocycles. The quantitative estimate of drug-likeness (QED) is 0.602. The zero-order valence-electron chi connectivity index (χ0n) is 6.29. The summed E-state index contributed by atoms with van der Waals surface area (Å²) in [5.74, 6) is -2.14. The molecule has 0 aromatic heterocycles. The highest BCUT2D eigenvalue weighted by Gasteiger charge is 2.97. The first kappa shape index (κ1) is 8.16. The number of alkyl halides is 4. The zero-order chi connectivity index (χ0) is 8.78. The van der Waals surface area contributed by atoms with Crippen LogP contribution in [0, 0.1) is 11.8 Å². The standard InChI is InChI=1S/C8H8Br2F2/c9-6-4-1-2-5(3-4)7(6,10)8(6,11)12/h4-5H,1-3H2/t4-,5+,6-,7+. The summed E-state index contributed by atoms with van der Waals surface area (Å²) in [5, 5.41) is 0. The number of hydrogen-bond acceptors (Lipinski definition) is 0. The highest BCUT2D eigenvalue weighted by Crippen LogP contribution is 2.85. The molecule has 0 aromatic rings. The summed E-state index contributed by atoms with van der Waals surface area (Å²) in [5.41, 5.74) is 0. The second kappa shape index (κ2) is 1.79. The third-order valence-electron chi connectivity index (χ3n) is 3.94. The maximum Gasteiger partial charge on any atom is 0.281 e. The predicted molar refractivity (Wildman–Crippen MR) is 49.1 cm³/mol. The minimum atomic E-state index is -2.52. The second-order valence-corrected chi connectivity index (χ2v) is 6.71. The lowest BCUT2D eigenvalue weighted by molar-refractivity contribution is 0.0732. The van der Waals surface area contributed by atoms with Gasteiger partial charge >= 0.3 is 0 Å². The minimum Gasteiger partial charge on any atom is -0.203 e. The van der Waals surface area contributed by atoms with Gasteiger partial charge in [0.15, 0.2) is 0 Å². The Hall–Kier alpha value is 0.820. The molecule has 3 fully saturated rings. The number of fused-ring (bicyclic) bond motifs is 5. The molecule has 0 heterocycles. The summed E-state index contributed by atoms with van der Waals surface area (Å²) in [6.45, 7) is 0. The summed E-state index contributed by atoms with van der Waals surface area (Å²) < 4.78 is 25.1. The van der Waals surface area contributed by atoms with Gasteiger partial charge in [-0.05, 0) is 31.1 Å². The smallest absolute Gasteiger partial charge is 0.203 e. The lowest BCUT2D eigenvalue weighted by Crippen LogP contribution is -2.21. The third kappa shape index (κ3) is 0.476. The maximum absolute atomic E-state index is 13.5. The second-order valence-electron chi connectivity index (χ2n) is 4.20. The van der Waals surface area contributed by atoms with Crippen LogP contribution in [0.25, 0.3) is 0 Å². The van der Waals surface area contributed by atoms with E-state index in [1.807, 2.05) is 0 Å². The Balaban J connectivity index is 2.13. The number of hydrogen-bond donors (Lipinski definition) is 0. The molecule has 68 valence electrons. The molecule has 0 nitrogen and oxygen atoms in total. The first-order chi connectivity index (χ1) is 5.46. The lowest BCUT2D eigenvalue weighted by Gasteiger charge is -2.16. The number of rotatable bonds is 0. The average Bonchev–Trinajstić information content (AvgIpc) is 2.49. The van der Waals surface area contributed by atoms with Crippen molar-refractivity contribution >= 4 is 31.9 Å². The van der Waals surface area contributed by atoms with Gasteiger partial charge in [-0.25, -0.2) is 8.78 Å². The van der Waals surface area contributed by atoms with Gasteiger partial charge in [-0.15, -0.1) is 0 Å². The van der Waals surface area contributed by atoms with Crippen LogP contribution in [0.1, 0.15) is 19.3 Å². The van der Waals surface area contributed by atoms with Gasteiger partial charge in [-0.3, -0.25) is 0 Å². The molecule has 0 unspecified atom stereocenters. The molecular formula is C8H8Br2F2. The van der Waals surface area contributed by atoms with Crippen molar-refractivity contribution in [2.24, 2.45) is 11.8 Å². The molecule has 2 bridgehead atoms. The first-order valence-electron chi connectivity index (χ1n) is 4.22. The summed E-state index contributed by atoms with van der Waals surface area (Å²) >= 11 is 6.51. The van der Waals surface area contributed by atoms with Crippen LogP contribution in [0.2, 0.25) is 0 Å². The van der Waals surface area contributed by atoms with E-state index in [9.17, 15) is 8.78 Å². The molecule has 0 radical (unpaired) electrons. The summed E-state index contributed by atoms with van der Waals surface area (Å²) in [6, 6.07) is 0. The Labute approximate surface area is 86.3 Å². The van der Waals surface area contributed by atoms with E-state index < -0.39 is 14.6 Å². The van der Waals surface area contributed by atoms with E-state index in [0.717, 1.165) is 19.3 Å². The van der Waals surface area contributed by atoms with Gasteiger partial charge < -0.3 is 0 Å². The van der Waals surface area contributed by atoms with Crippen molar-refractivity contribution in [2.75, 3.05) is 0 Å². The van der Waals surface area contributed by atoms with Gasteiger partial charge in [0.05, 0.1) is 0 Å². The molecule has 3 saturated carbocycles. The molecule has 3 aliphatic rings. The summed E-state index contributed by atoms with van der Waals surface area (Å²) in [6.07, 6.45) is 2.92. The van der Waals surface area contributed by atoms with Gasteiger partial charge in [-0.2, -0.15) is 0 Å². The van der Waals surface area contributed by atoms with Crippen molar-refractivity contribution < 1.29 is 8.78 Å². The van der Waals surface area contributed by atoms with Crippen LogP contribution < -0.4 is 0 Å². The van der Waals surface area contributed by atoms with Crippen molar-refractivity contribution in [3.8, 4) is 0 Å². The predicted octanol–water partition coefficient (Wildman–Crippen LogP) is 3.33. The fraction of sp³-hybridized carbons (Fsp3) is 1.00. The molecule has 3 aliphatic carbocycles. The van der Waals surface area contributed by atoms with E-state index in [-0.39, 0.29) is 11.8 Å². The Bertz CT molecular complexity index is 244. The van der Waals surface area contributed by atoms with E-state index in [4.69, 9.17) is 0 Å². The molecule has 0 aromatic carbocycles. The van der Waals surface area contributed by atoms with E-state index in [1.165, 1.54) is 0 Å². The Kier molecular flexibility index (Phi) is 1.22. The largest absolute Gasteiger partial charge is 0.281 e. The van der Waals surface area contributed by atoms with Gasteiger partial charge in [0.1, 0.15) is 8.65 Å². The average molecular weight is 302 g/mol. The van der Waals surface area contributed by atoms with Crippen LogP contribution in [-0.4, -0.2) is 14.6 Å². The van der Waals surface area contributed by atoms with Crippen LogP contribution in [0.5, 0.6) is 0 Å². The van der Waals surface area contributed by atoms with Crippen LogP contribution >= 0.6 is 31.9 Å². The monoisotopic (exact) mass is 300 g/mol. The molecule has 0 amide bonds. The molecule has 3 rings (SSSR count). The van der Waals surface area contributed by atoms with Gasteiger partial charge in [0.25, 0.3) is 5.92 Å². The van der Waals surface area contributed by atoms with Crippen LogP contribution in [-0.2, 0) is 0 Å². The Morgan fingerprint density at radius 3 is 1.75 bits per heavy atom. The SMILES string of the molecule is FC1(F)[C@]2(Br)[C@H]3CC[C@H](C3)[C@]12Br. The summed E-state index contributed by atoms with van der Waals surface area (Å²) in [7, 11) is 0. The maximum atomic E-state index is 13.5. The number of halogens is 4.